The summed E-state index contributed by atoms with van der Waals surface area (Å²) >= 11 is 0. The fourth-order valence-corrected chi connectivity index (χ4v) is 21.2. The molecule has 1 saturated heterocycles. The molecule has 10 bridgehead atoms. The Balaban J connectivity index is 0.930. The molecule has 1 amide bonds. The van der Waals surface area contributed by atoms with Crippen LogP contribution in [0, 0.1) is 40.4 Å². The molecule has 7 fully saturated rings. The van der Waals surface area contributed by atoms with Crippen molar-refractivity contribution in [2.24, 2.45) is 51.1 Å². The van der Waals surface area contributed by atoms with Gasteiger partial charge >= 0.3 is 5.97 Å². The number of aliphatic imine (C=N–C) groups is 1. The minimum Gasteiger partial charge on any atom is -0.504 e. The van der Waals surface area contributed by atoms with Crippen LogP contribution in [0.2, 0.25) is 0 Å². The molecule has 4 spiro atoms. The van der Waals surface area contributed by atoms with E-state index in [2.05, 4.69) is 53.9 Å². The maximum absolute atomic E-state index is 14.9. The van der Waals surface area contributed by atoms with Gasteiger partial charge < -0.3 is 35.6 Å². The SMILES string of the molecule is CC(=O)O[C@]12C[C@@H]3CC[C@@H]1Cc1cc(c(O)c4c1[C@@H]1C=C[C@]5(CCC[C@H]5C1)O4)CN1C[C@@]4(CC1=O)[C@H](CC[C@@H]4c1ccccc1)CN=C(N)N[C@]1(CCCC14CCCC4)SSCCCCC[C@H]3[C@H](O)C2. The predicted molar refractivity (Wildman–Crippen MR) is 278 cm³/mol. The Kier molecular flexibility index (Phi) is 12.6. The number of carbonyl (C=O) groups excluding carboxylic acids is 2. The Bertz CT molecular complexity index is 2380. The van der Waals surface area contributed by atoms with Crippen molar-refractivity contribution in [3.63, 3.8) is 0 Å². The molecule has 0 unspecified atom stereocenters. The molecule has 5 aliphatic heterocycles. The van der Waals surface area contributed by atoms with E-state index in [4.69, 9.17) is 20.2 Å². The zero-order chi connectivity index (χ0) is 47.9. The molecule has 0 radical (unpaired) electrons. The number of nitrogens with one attached hydrogen (secondary N) is 1. The van der Waals surface area contributed by atoms with Crippen LogP contribution in [-0.2, 0) is 27.3 Å². The summed E-state index contributed by atoms with van der Waals surface area (Å²) in [6, 6.07) is 13.0. The Morgan fingerprint density at radius 2 is 1.74 bits per heavy atom. The molecule has 12 aliphatic rings. The highest BCUT2D eigenvalue weighted by Gasteiger charge is 2.60. The van der Waals surface area contributed by atoms with Crippen LogP contribution in [0.15, 0.2) is 53.5 Å². The Morgan fingerprint density at radius 1 is 0.914 bits per heavy atom. The topological polar surface area (TPSA) is 147 Å². The largest absolute Gasteiger partial charge is 0.504 e. The number of guanidine groups is 1. The first kappa shape index (κ1) is 47.6. The number of phenols is 1. The van der Waals surface area contributed by atoms with E-state index in [9.17, 15) is 19.8 Å². The number of esters is 1. The number of aliphatic hydroxyl groups is 1. The number of ether oxygens (including phenoxy) is 2. The maximum Gasteiger partial charge on any atom is 0.303 e. The van der Waals surface area contributed by atoms with Crippen LogP contribution in [0.25, 0.3) is 0 Å². The number of phenolic OH excluding ortho intramolecular Hbond substituents is 1. The average Bonchev–Trinajstić information content (AvgIpc) is 4.16. The third-order valence-electron chi connectivity index (χ3n) is 20.9. The van der Waals surface area contributed by atoms with E-state index in [0.29, 0.717) is 55.9 Å². The molecule has 7 aliphatic carbocycles. The predicted octanol–water partition coefficient (Wildman–Crippen LogP) is 11.2. The van der Waals surface area contributed by atoms with Crippen molar-refractivity contribution >= 4 is 39.4 Å². The van der Waals surface area contributed by atoms with Crippen LogP contribution in [0.5, 0.6) is 11.5 Å². The second-order valence-corrected chi connectivity index (χ2v) is 27.1. The van der Waals surface area contributed by atoms with Crippen molar-refractivity contribution < 1.29 is 29.3 Å². The van der Waals surface area contributed by atoms with Gasteiger partial charge in [-0.15, -0.1) is 0 Å². The number of amides is 1. The van der Waals surface area contributed by atoms with Gasteiger partial charge in [-0.3, -0.25) is 14.6 Å². The molecule has 0 aromatic heterocycles. The normalized spacial score (nSPS) is 40.1. The molecular formula is C58H78N4O6S2. The molecule has 10 nitrogen and oxygen atoms in total. The number of nitrogens with two attached hydrogens (primary N) is 1. The van der Waals surface area contributed by atoms with Crippen LogP contribution in [0.4, 0.5) is 0 Å². The number of hydrogen-bond donors (Lipinski definition) is 4. The number of benzene rings is 2. The van der Waals surface area contributed by atoms with Gasteiger partial charge in [0.05, 0.1) is 6.10 Å². The van der Waals surface area contributed by atoms with Crippen LogP contribution < -0.4 is 15.8 Å². The highest BCUT2D eigenvalue weighted by atomic mass is 33.1. The second-order valence-electron chi connectivity index (χ2n) is 24.3. The zero-order valence-corrected chi connectivity index (χ0v) is 43.3. The van der Waals surface area contributed by atoms with E-state index >= 15 is 0 Å². The fourth-order valence-electron chi connectivity index (χ4n) is 17.6. The van der Waals surface area contributed by atoms with E-state index in [1.54, 1.807) is 0 Å². The summed E-state index contributed by atoms with van der Waals surface area (Å²) in [4.78, 5) is 35.2. The standard InChI is InChI=1S/C58H78N4O6S2/c1-37(63)67-57-31-40-16-17-44(57)30-41-28-42(51(66)52-50(41)39-20-26-56(68-52)24-10-14-43(56)29-39)35-62-36-55(33-49(62)65)45(18-19-47(55)38-12-4-2-5-13-38)34-60-53(59)61-58(25-11-23-54(58)21-7-8-22-54)70-69-27-9-3-6-15-46(40)48(64)32-57/h2,4-5,12-13,20,26,28,39-40,43-48,64,66H,3,6-11,14-19,21-25,27,29-36H2,1H3,(H3,59,60,61)/t39-,40+,43+,44-,45-,46-,47-,48-,55+,56+,57+,58-/m1/s1. The van der Waals surface area contributed by atoms with Crippen molar-refractivity contribution in [2.45, 2.75) is 195 Å². The van der Waals surface area contributed by atoms with E-state index in [0.717, 1.165) is 112 Å². The number of aromatic hydroxyl groups is 1. The van der Waals surface area contributed by atoms with Crippen LogP contribution in [0.1, 0.15) is 182 Å². The highest BCUT2D eigenvalue weighted by molar-refractivity contribution is 8.77. The molecule has 14 rings (SSSR count). The molecule has 378 valence electrons. The minimum atomic E-state index is -0.767. The number of rotatable bonds is 2. The van der Waals surface area contributed by atoms with Gasteiger partial charge in [-0.2, -0.15) is 0 Å². The average molecular weight is 991 g/mol. The summed E-state index contributed by atoms with van der Waals surface area (Å²) in [7, 11) is 4.05. The molecule has 5 N–H and O–H groups in total. The van der Waals surface area contributed by atoms with Crippen molar-refractivity contribution in [1.82, 2.24) is 10.2 Å². The van der Waals surface area contributed by atoms with Gasteiger partial charge in [-0.05, 0) is 156 Å². The van der Waals surface area contributed by atoms with Crippen LogP contribution in [-0.4, -0.2) is 74.0 Å². The first-order valence-corrected chi connectivity index (χ1v) is 30.1. The first-order valence-electron chi connectivity index (χ1n) is 27.8. The van der Waals surface area contributed by atoms with Gasteiger partial charge in [0, 0.05) is 84.9 Å². The molecule has 12 atom stereocenters. The highest BCUT2D eigenvalue weighted by Crippen LogP contribution is 2.64. The number of nitrogens with zero attached hydrogens (tertiary/aromatic N) is 2. The molecule has 6 saturated carbocycles. The third-order valence-corrected chi connectivity index (χ3v) is 24.2. The van der Waals surface area contributed by atoms with E-state index in [-0.39, 0.29) is 69.5 Å². The zero-order valence-electron chi connectivity index (χ0n) is 41.6. The third kappa shape index (κ3) is 8.03. The van der Waals surface area contributed by atoms with Crippen LogP contribution in [0.3, 0.4) is 0 Å². The Hall–Kier alpha value is -3.35. The first-order chi connectivity index (χ1) is 33.9. The van der Waals surface area contributed by atoms with E-state index in [1.807, 2.05) is 26.5 Å². The van der Waals surface area contributed by atoms with Crippen molar-refractivity contribution in [3.05, 3.63) is 70.8 Å². The molecule has 5 heterocycles. The lowest BCUT2D eigenvalue weighted by Gasteiger charge is -2.54. The van der Waals surface area contributed by atoms with E-state index in [1.165, 1.54) is 51.0 Å². The van der Waals surface area contributed by atoms with Gasteiger partial charge in [-0.1, -0.05) is 83.7 Å². The summed E-state index contributed by atoms with van der Waals surface area (Å²) in [5, 5.41) is 28.8. The Morgan fingerprint density at radius 3 is 2.59 bits per heavy atom. The van der Waals surface area contributed by atoms with Crippen molar-refractivity contribution in [2.75, 3.05) is 18.8 Å². The van der Waals surface area contributed by atoms with E-state index < -0.39 is 17.3 Å². The number of carbonyl (C=O) groups is 2. The van der Waals surface area contributed by atoms with Gasteiger partial charge in [0.1, 0.15) is 16.1 Å². The summed E-state index contributed by atoms with van der Waals surface area (Å²) in [6.45, 7) is 2.98. The summed E-state index contributed by atoms with van der Waals surface area (Å²) in [5.41, 5.74) is 9.95. The quantitative estimate of drug-likeness (QED) is 0.130. The summed E-state index contributed by atoms with van der Waals surface area (Å²) in [6.07, 6.45) is 27.3. The number of fused-ring (bicyclic) bond motifs is 10. The van der Waals surface area contributed by atoms with Crippen LogP contribution >= 0.6 is 21.6 Å². The van der Waals surface area contributed by atoms with Crippen molar-refractivity contribution in [3.8, 4) is 11.5 Å². The lowest BCUT2D eigenvalue weighted by Crippen LogP contribution is -2.56. The minimum absolute atomic E-state index is 0.00324. The molecular weight excluding hydrogens is 913 g/mol. The lowest BCUT2D eigenvalue weighted by molar-refractivity contribution is -0.195. The maximum atomic E-state index is 14.9. The van der Waals surface area contributed by atoms with Gasteiger partial charge in [0.2, 0.25) is 5.91 Å². The monoisotopic (exact) mass is 991 g/mol. The summed E-state index contributed by atoms with van der Waals surface area (Å²) < 4.78 is 13.8. The van der Waals surface area contributed by atoms with Gasteiger partial charge in [-0.25, -0.2) is 0 Å². The van der Waals surface area contributed by atoms with Gasteiger partial charge in [0.25, 0.3) is 0 Å². The number of hydrogen-bond acceptors (Lipinski definition) is 11. The summed E-state index contributed by atoms with van der Waals surface area (Å²) in [5.74, 6) is 3.55. The molecule has 12 heteroatoms. The smallest absolute Gasteiger partial charge is 0.303 e. The fraction of sp³-hybridized carbons (Fsp3) is 0.707. The Labute approximate surface area is 424 Å². The van der Waals surface area contributed by atoms with Gasteiger partial charge in [0.15, 0.2) is 17.5 Å². The second kappa shape index (κ2) is 18.5. The molecule has 2 aromatic rings. The van der Waals surface area contributed by atoms with Crippen molar-refractivity contribution in [1.29, 1.82) is 0 Å². The lowest BCUT2D eigenvalue weighted by atomic mass is 9.57. The number of aliphatic hydroxyl groups excluding tert-OH is 1. The number of allylic oxidation sites excluding steroid dienone is 1. The molecule has 2 aromatic carbocycles. The molecule has 70 heavy (non-hydrogen) atoms.